The molecule has 0 unspecified atom stereocenters. The third-order valence-electron chi connectivity index (χ3n) is 2.42. The van der Waals surface area contributed by atoms with Crippen LogP contribution in [0.4, 0.5) is 5.82 Å². The quantitative estimate of drug-likeness (QED) is 0.770. The highest BCUT2D eigenvalue weighted by atomic mass is 35.5. The van der Waals surface area contributed by atoms with E-state index < -0.39 is 0 Å². The molecular weight excluding hydrogens is 212 g/mol. The Bertz CT molecular complexity index is 374. The van der Waals surface area contributed by atoms with Gasteiger partial charge in [0.2, 0.25) is 0 Å². The Morgan fingerprint density at radius 1 is 1.60 bits per heavy atom. The van der Waals surface area contributed by atoms with E-state index in [9.17, 15) is 0 Å². The van der Waals surface area contributed by atoms with E-state index in [0.29, 0.717) is 5.56 Å². The van der Waals surface area contributed by atoms with Crippen LogP contribution in [0.1, 0.15) is 12.0 Å². The van der Waals surface area contributed by atoms with Crippen LogP contribution in [0, 0.1) is 11.3 Å². The summed E-state index contributed by atoms with van der Waals surface area (Å²) in [5.74, 6) is 0.858. The third kappa shape index (κ3) is 2.58. The Hall–Kier alpha value is -1.31. The van der Waals surface area contributed by atoms with Crippen LogP contribution in [0.3, 0.4) is 0 Å². The molecule has 1 aliphatic rings. The van der Waals surface area contributed by atoms with Crippen molar-refractivity contribution in [1.82, 2.24) is 4.98 Å². The van der Waals surface area contributed by atoms with Crippen molar-refractivity contribution in [3.63, 3.8) is 0 Å². The monoisotopic (exact) mass is 224 g/mol. The summed E-state index contributed by atoms with van der Waals surface area (Å²) in [6.45, 7) is 1.77. The predicted octanol–water partition coefficient (Wildman–Crippen LogP) is 0.912. The molecule has 15 heavy (non-hydrogen) atoms. The number of anilines is 1. The fourth-order valence-corrected chi connectivity index (χ4v) is 1.66. The number of nitrogens with zero attached hydrogens (tertiary/aromatic N) is 3. The van der Waals surface area contributed by atoms with Crippen LogP contribution in [0.15, 0.2) is 18.3 Å². The molecule has 2 N–H and O–H groups in total. The molecule has 0 saturated carbocycles. The van der Waals surface area contributed by atoms with E-state index in [0.717, 1.165) is 25.3 Å². The van der Waals surface area contributed by atoms with Crippen molar-refractivity contribution in [3.05, 3.63) is 23.9 Å². The van der Waals surface area contributed by atoms with Crippen LogP contribution in [0.5, 0.6) is 0 Å². The van der Waals surface area contributed by atoms with Crippen LogP contribution in [-0.4, -0.2) is 24.1 Å². The van der Waals surface area contributed by atoms with Gasteiger partial charge in [-0.1, -0.05) is 0 Å². The summed E-state index contributed by atoms with van der Waals surface area (Å²) in [4.78, 5) is 6.34. The molecular formula is C10H13ClN4. The molecule has 80 valence electrons. The summed E-state index contributed by atoms with van der Waals surface area (Å²) < 4.78 is 0. The van der Waals surface area contributed by atoms with Gasteiger partial charge in [-0.3, -0.25) is 0 Å². The molecule has 5 heteroatoms. The van der Waals surface area contributed by atoms with Gasteiger partial charge in [0.05, 0.1) is 11.6 Å². The molecule has 1 aliphatic heterocycles. The molecule has 1 fully saturated rings. The van der Waals surface area contributed by atoms with Crippen molar-refractivity contribution in [3.8, 4) is 6.07 Å². The molecule has 0 amide bonds. The Balaban J connectivity index is 0.00000112. The molecule has 0 bridgehead atoms. The van der Waals surface area contributed by atoms with Crippen LogP contribution < -0.4 is 10.6 Å². The standard InChI is InChI=1S/C10H12N4.ClH/c11-6-8-1-3-13-10(5-8)14-4-2-9(12)7-14;/h1,3,5,9H,2,4,7,12H2;1H/t9-;/m0./s1. The molecule has 2 heterocycles. The van der Waals surface area contributed by atoms with Crippen molar-refractivity contribution >= 4 is 18.2 Å². The van der Waals surface area contributed by atoms with Crippen molar-refractivity contribution < 1.29 is 0 Å². The molecule has 1 aromatic heterocycles. The largest absolute Gasteiger partial charge is 0.355 e. The maximum absolute atomic E-state index is 8.74. The van der Waals surface area contributed by atoms with Gasteiger partial charge < -0.3 is 10.6 Å². The average molecular weight is 225 g/mol. The SMILES string of the molecule is Cl.N#Cc1ccnc(N2CC[C@H](N)C2)c1. The minimum atomic E-state index is 0. The Labute approximate surface area is 95.1 Å². The van der Waals surface area contributed by atoms with E-state index in [1.54, 1.807) is 18.3 Å². The number of aromatic nitrogens is 1. The highest BCUT2D eigenvalue weighted by Gasteiger charge is 2.20. The lowest BCUT2D eigenvalue weighted by Crippen LogP contribution is -2.26. The highest BCUT2D eigenvalue weighted by Crippen LogP contribution is 2.17. The number of hydrogen-bond acceptors (Lipinski definition) is 4. The van der Waals surface area contributed by atoms with E-state index in [4.69, 9.17) is 11.0 Å². The number of rotatable bonds is 1. The third-order valence-corrected chi connectivity index (χ3v) is 2.42. The summed E-state index contributed by atoms with van der Waals surface area (Å²) in [6, 6.07) is 5.85. The molecule has 1 saturated heterocycles. The Kier molecular flexibility index (Phi) is 3.89. The molecule has 0 aromatic carbocycles. The van der Waals surface area contributed by atoms with Gasteiger partial charge in [-0.2, -0.15) is 5.26 Å². The highest BCUT2D eigenvalue weighted by molar-refractivity contribution is 5.85. The fourth-order valence-electron chi connectivity index (χ4n) is 1.66. The van der Waals surface area contributed by atoms with Crippen molar-refractivity contribution in [2.24, 2.45) is 5.73 Å². The second-order valence-electron chi connectivity index (χ2n) is 3.51. The summed E-state index contributed by atoms with van der Waals surface area (Å²) in [5, 5.41) is 8.74. The van der Waals surface area contributed by atoms with Crippen LogP contribution in [0.25, 0.3) is 0 Å². The number of hydrogen-bond donors (Lipinski definition) is 1. The maximum Gasteiger partial charge on any atom is 0.129 e. The van der Waals surface area contributed by atoms with E-state index >= 15 is 0 Å². The summed E-state index contributed by atoms with van der Waals surface area (Å²) in [6.07, 6.45) is 2.66. The molecule has 0 spiro atoms. The maximum atomic E-state index is 8.74. The van der Waals surface area contributed by atoms with Crippen molar-refractivity contribution in [2.75, 3.05) is 18.0 Å². The van der Waals surface area contributed by atoms with E-state index in [1.807, 2.05) is 0 Å². The first kappa shape index (κ1) is 11.8. The van der Waals surface area contributed by atoms with Gasteiger partial charge in [0.15, 0.2) is 0 Å². The van der Waals surface area contributed by atoms with Gasteiger partial charge in [0.25, 0.3) is 0 Å². The molecule has 1 aromatic rings. The van der Waals surface area contributed by atoms with Gasteiger partial charge in [-0.25, -0.2) is 4.98 Å². The van der Waals surface area contributed by atoms with Gasteiger partial charge in [-0.15, -0.1) is 12.4 Å². The zero-order chi connectivity index (χ0) is 9.97. The normalized spacial score (nSPS) is 19.5. The Morgan fingerprint density at radius 2 is 2.40 bits per heavy atom. The molecule has 0 radical (unpaired) electrons. The minimum absolute atomic E-state index is 0. The lowest BCUT2D eigenvalue weighted by Gasteiger charge is -2.16. The van der Waals surface area contributed by atoms with E-state index in [2.05, 4.69) is 16.0 Å². The predicted molar refractivity (Wildman–Crippen MR) is 61.0 cm³/mol. The van der Waals surface area contributed by atoms with E-state index in [1.165, 1.54) is 0 Å². The first-order chi connectivity index (χ1) is 6.79. The number of nitrogens with two attached hydrogens (primary N) is 1. The summed E-state index contributed by atoms with van der Waals surface area (Å²) in [5.41, 5.74) is 6.45. The zero-order valence-electron chi connectivity index (χ0n) is 8.26. The summed E-state index contributed by atoms with van der Waals surface area (Å²) in [7, 11) is 0. The zero-order valence-corrected chi connectivity index (χ0v) is 9.07. The molecule has 2 rings (SSSR count). The minimum Gasteiger partial charge on any atom is -0.355 e. The van der Waals surface area contributed by atoms with Gasteiger partial charge in [0.1, 0.15) is 5.82 Å². The second kappa shape index (κ2) is 4.96. The van der Waals surface area contributed by atoms with Crippen LogP contribution in [0.2, 0.25) is 0 Å². The van der Waals surface area contributed by atoms with Crippen LogP contribution in [-0.2, 0) is 0 Å². The topological polar surface area (TPSA) is 65.9 Å². The van der Waals surface area contributed by atoms with Crippen molar-refractivity contribution in [1.29, 1.82) is 5.26 Å². The fraction of sp³-hybridized carbons (Fsp3) is 0.400. The number of pyridine rings is 1. The first-order valence-electron chi connectivity index (χ1n) is 4.66. The first-order valence-corrected chi connectivity index (χ1v) is 4.66. The second-order valence-corrected chi connectivity index (χ2v) is 3.51. The van der Waals surface area contributed by atoms with Crippen LogP contribution >= 0.6 is 12.4 Å². The van der Waals surface area contributed by atoms with E-state index in [-0.39, 0.29) is 18.4 Å². The van der Waals surface area contributed by atoms with Gasteiger partial charge in [-0.05, 0) is 18.6 Å². The molecule has 0 aliphatic carbocycles. The average Bonchev–Trinajstić information content (AvgIpc) is 2.65. The molecule has 1 atom stereocenters. The number of nitriles is 1. The number of halogens is 1. The Morgan fingerprint density at radius 3 is 3.00 bits per heavy atom. The lowest BCUT2D eigenvalue weighted by atomic mass is 10.3. The smallest absolute Gasteiger partial charge is 0.129 e. The lowest BCUT2D eigenvalue weighted by molar-refractivity contribution is 0.751. The van der Waals surface area contributed by atoms with Crippen molar-refractivity contribution in [2.45, 2.75) is 12.5 Å². The molecule has 4 nitrogen and oxygen atoms in total. The summed E-state index contributed by atoms with van der Waals surface area (Å²) >= 11 is 0. The van der Waals surface area contributed by atoms with Gasteiger partial charge >= 0.3 is 0 Å². The van der Waals surface area contributed by atoms with Gasteiger partial charge in [0, 0.05) is 25.3 Å².